The smallest absolute Gasteiger partial charge is 0.297 e. The molecule has 1 aliphatic carbocycles. The fourth-order valence-electron chi connectivity index (χ4n) is 1.90. The Kier molecular flexibility index (Phi) is 2.07. The molecule has 0 amide bonds. The predicted octanol–water partition coefficient (Wildman–Crippen LogP) is 1.34. The summed E-state index contributed by atoms with van der Waals surface area (Å²) in [5.41, 5.74) is 1.39. The van der Waals surface area contributed by atoms with Gasteiger partial charge in [0.2, 0.25) is 5.65 Å². The molecule has 2 aromatic heterocycles. The molecular formula is C11H14N4O. The van der Waals surface area contributed by atoms with Gasteiger partial charge < -0.3 is 14.6 Å². The molecule has 5 heteroatoms. The van der Waals surface area contributed by atoms with E-state index in [2.05, 4.69) is 34.3 Å². The van der Waals surface area contributed by atoms with Crippen molar-refractivity contribution >= 4 is 17.2 Å². The van der Waals surface area contributed by atoms with Gasteiger partial charge in [0, 0.05) is 18.3 Å². The molecule has 0 aliphatic heterocycles. The maximum absolute atomic E-state index is 5.54. The third kappa shape index (κ3) is 1.63. The van der Waals surface area contributed by atoms with Crippen molar-refractivity contribution < 1.29 is 4.42 Å². The van der Waals surface area contributed by atoms with Crippen molar-refractivity contribution in [2.75, 3.05) is 19.4 Å². The van der Waals surface area contributed by atoms with Crippen LogP contribution in [-0.4, -0.2) is 41.0 Å². The lowest BCUT2D eigenvalue weighted by atomic mass is 10.5. The van der Waals surface area contributed by atoms with Crippen LogP contribution in [0.5, 0.6) is 0 Å². The van der Waals surface area contributed by atoms with E-state index in [0.717, 1.165) is 12.0 Å². The SMILES string of the molecule is CN(C)[C@@H]1C[C@H]1Nc1nc2ncccc2o1. The lowest BCUT2D eigenvalue weighted by Crippen LogP contribution is -2.21. The number of hydrogen-bond acceptors (Lipinski definition) is 5. The fourth-order valence-corrected chi connectivity index (χ4v) is 1.90. The molecule has 0 unspecified atom stereocenters. The summed E-state index contributed by atoms with van der Waals surface area (Å²) in [5.74, 6) is 0. The van der Waals surface area contributed by atoms with Crippen LogP contribution in [0.25, 0.3) is 11.2 Å². The third-order valence-corrected chi connectivity index (χ3v) is 2.89. The minimum Gasteiger partial charge on any atom is -0.422 e. The van der Waals surface area contributed by atoms with Gasteiger partial charge in [0.05, 0.1) is 0 Å². The summed E-state index contributed by atoms with van der Waals surface area (Å²) < 4.78 is 5.54. The van der Waals surface area contributed by atoms with Crippen molar-refractivity contribution in [2.45, 2.75) is 18.5 Å². The Hall–Kier alpha value is -1.62. The molecule has 0 spiro atoms. The molecule has 0 radical (unpaired) electrons. The standard InChI is InChI=1S/C11H14N4O/c1-15(2)8-6-7(8)13-11-14-10-9(16-11)4-3-5-12-10/h3-5,7-8H,6H2,1-2H3,(H,12,13,14)/t7-,8-/m1/s1. The van der Waals surface area contributed by atoms with Gasteiger partial charge in [0.1, 0.15) is 0 Å². The molecule has 1 aliphatic rings. The van der Waals surface area contributed by atoms with E-state index in [1.165, 1.54) is 0 Å². The van der Waals surface area contributed by atoms with Crippen LogP contribution in [0.2, 0.25) is 0 Å². The molecule has 2 atom stereocenters. The molecule has 1 N–H and O–H groups in total. The van der Waals surface area contributed by atoms with Crippen LogP contribution >= 0.6 is 0 Å². The van der Waals surface area contributed by atoms with Crippen LogP contribution in [0.1, 0.15) is 6.42 Å². The molecule has 5 nitrogen and oxygen atoms in total. The number of nitrogens with one attached hydrogen (secondary N) is 1. The number of aromatic nitrogens is 2. The average Bonchev–Trinajstić information content (AvgIpc) is 2.90. The normalized spacial score (nSPS) is 23.9. The third-order valence-electron chi connectivity index (χ3n) is 2.89. The number of fused-ring (bicyclic) bond motifs is 1. The molecule has 2 heterocycles. The lowest BCUT2D eigenvalue weighted by molar-refractivity contribution is 0.393. The van der Waals surface area contributed by atoms with E-state index in [9.17, 15) is 0 Å². The molecular weight excluding hydrogens is 204 g/mol. The second-order valence-electron chi connectivity index (χ2n) is 4.36. The van der Waals surface area contributed by atoms with E-state index in [4.69, 9.17) is 4.42 Å². The van der Waals surface area contributed by atoms with Crippen LogP contribution in [0.3, 0.4) is 0 Å². The van der Waals surface area contributed by atoms with Gasteiger partial charge in [-0.15, -0.1) is 0 Å². The van der Waals surface area contributed by atoms with Crippen molar-refractivity contribution in [1.29, 1.82) is 0 Å². The van der Waals surface area contributed by atoms with Crippen LogP contribution < -0.4 is 5.32 Å². The topological polar surface area (TPSA) is 54.2 Å². The monoisotopic (exact) mass is 218 g/mol. The van der Waals surface area contributed by atoms with Crippen molar-refractivity contribution in [3.63, 3.8) is 0 Å². The first-order chi connectivity index (χ1) is 7.74. The highest BCUT2D eigenvalue weighted by Gasteiger charge is 2.39. The predicted molar refractivity (Wildman–Crippen MR) is 61.3 cm³/mol. The van der Waals surface area contributed by atoms with Gasteiger partial charge in [-0.1, -0.05) is 0 Å². The van der Waals surface area contributed by atoms with E-state index >= 15 is 0 Å². The number of likely N-dealkylation sites (N-methyl/N-ethyl adjacent to an activating group) is 1. The highest BCUT2D eigenvalue weighted by Crippen LogP contribution is 2.30. The zero-order chi connectivity index (χ0) is 11.1. The van der Waals surface area contributed by atoms with Gasteiger partial charge in [0.25, 0.3) is 6.01 Å². The maximum Gasteiger partial charge on any atom is 0.297 e. The fraction of sp³-hybridized carbons (Fsp3) is 0.455. The first-order valence-corrected chi connectivity index (χ1v) is 5.38. The molecule has 0 bridgehead atoms. The minimum atomic E-state index is 0.447. The van der Waals surface area contributed by atoms with E-state index in [-0.39, 0.29) is 0 Å². The van der Waals surface area contributed by atoms with Crippen molar-refractivity contribution in [2.24, 2.45) is 0 Å². The van der Waals surface area contributed by atoms with Gasteiger partial charge in [-0.25, -0.2) is 4.98 Å². The Morgan fingerprint density at radius 1 is 1.50 bits per heavy atom. The summed E-state index contributed by atoms with van der Waals surface area (Å²) in [6.07, 6.45) is 2.85. The second kappa shape index (κ2) is 3.45. The van der Waals surface area contributed by atoms with Crippen LogP contribution in [-0.2, 0) is 0 Å². The number of rotatable bonds is 3. The van der Waals surface area contributed by atoms with Crippen molar-refractivity contribution in [1.82, 2.24) is 14.9 Å². The number of pyridine rings is 1. The van der Waals surface area contributed by atoms with Gasteiger partial charge >= 0.3 is 0 Å². The van der Waals surface area contributed by atoms with E-state index in [0.29, 0.717) is 23.7 Å². The molecule has 3 rings (SSSR count). The summed E-state index contributed by atoms with van der Waals surface area (Å²) in [7, 11) is 4.17. The second-order valence-corrected chi connectivity index (χ2v) is 4.36. The maximum atomic E-state index is 5.54. The Bertz CT molecular complexity index is 474. The van der Waals surface area contributed by atoms with Gasteiger partial charge in [-0.2, -0.15) is 4.98 Å². The quantitative estimate of drug-likeness (QED) is 0.842. The molecule has 2 aromatic rings. The largest absolute Gasteiger partial charge is 0.422 e. The van der Waals surface area contributed by atoms with E-state index < -0.39 is 0 Å². The van der Waals surface area contributed by atoms with E-state index in [1.54, 1.807) is 6.20 Å². The number of hydrogen-bond donors (Lipinski definition) is 1. The lowest BCUT2D eigenvalue weighted by Gasteiger charge is -2.07. The van der Waals surface area contributed by atoms with Crippen LogP contribution in [0.15, 0.2) is 22.7 Å². The summed E-state index contributed by atoms with van der Waals surface area (Å²) in [6.45, 7) is 0. The molecule has 84 valence electrons. The van der Waals surface area contributed by atoms with Crippen LogP contribution in [0.4, 0.5) is 6.01 Å². The summed E-state index contributed by atoms with van der Waals surface area (Å²) in [5, 5.41) is 3.28. The van der Waals surface area contributed by atoms with Gasteiger partial charge in [-0.05, 0) is 32.6 Å². The average molecular weight is 218 g/mol. The Balaban J connectivity index is 1.76. The number of oxazole rings is 1. The van der Waals surface area contributed by atoms with Crippen LogP contribution in [0, 0.1) is 0 Å². The molecule has 1 saturated carbocycles. The van der Waals surface area contributed by atoms with Crippen molar-refractivity contribution in [3.05, 3.63) is 18.3 Å². The minimum absolute atomic E-state index is 0.447. The molecule has 0 saturated heterocycles. The Labute approximate surface area is 93.5 Å². The highest BCUT2D eigenvalue weighted by atomic mass is 16.4. The summed E-state index contributed by atoms with van der Waals surface area (Å²) >= 11 is 0. The number of anilines is 1. The zero-order valence-corrected chi connectivity index (χ0v) is 9.34. The highest BCUT2D eigenvalue weighted by molar-refractivity contribution is 5.69. The molecule has 0 aromatic carbocycles. The van der Waals surface area contributed by atoms with Crippen molar-refractivity contribution in [3.8, 4) is 0 Å². The van der Waals surface area contributed by atoms with Gasteiger partial charge in [0.15, 0.2) is 5.58 Å². The zero-order valence-electron chi connectivity index (χ0n) is 9.34. The molecule has 16 heavy (non-hydrogen) atoms. The first-order valence-electron chi connectivity index (χ1n) is 5.38. The Morgan fingerprint density at radius 3 is 3.06 bits per heavy atom. The number of nitrogens with zero attached hydrogens (tertiary/aromatic N) is 3. The van der Waals surface area contributed by atoms with Gasteiger partial charge in [-0.3, -0.25) is 0 Å². The summed E-state index contributed by atoms with van der Waals surface area (Å²) in [6, 6.07) is 5.32. The molecule has 1 fully saturated rings. The summed E-state index contributed by atoms with van der Waals surface area (Å²) in [4.78, 5) is 10.6. The Morgan fingerprint density at radius 2 is 2.38 bits per heavy atom. The van der Waals surface area contributed by atoms with E-state index in [1.807, 2.05) is 12.1 Å². The first kappa shape index (κ1) is 9.59.